The first kappa shape index (κ1) is 22.2. The predicted molar refractivity (Wildman–Crippen MR) is 114 cm³/mol. The molecule has 0 aliphatic heterocycles. The van der Waals surface area contributed by atoms with Crippen molar-refractivity contribution in [2.75, 3.05) is 18.5 Å². The largest absolute Gasteiger partial charge is 0.491 e. The number of aryl methyl sites for hydroxylation is 2. The zero-order valence-electron chi connectivity index (χ0n) is 17.1. The van der Waals surface area contributed by atoms with E-state index in [-0.39, 0.29) is 19.0 Å². The fourth-order valence-corrected chi connectivity index (χ4v) is 3.25. The number of benzene rings is 2. The van der Waals surface area contributed by atoms with Gasteiger partial charge in [-0.1, -0.05) is 19.4 Å². The summed E-state index contributed by atoms with van der Waals surface area (Å²) in [5.41, 5.74) is 7.49. The molecule has 1 unspecified atom stereocenters. The minimum absolute atomic E-state index is 0.0554. The minimum atomic E-state index is -1.48. The van der Waals surface area contributed by atoms with Gasteiger partial charge >= 0.3 is 5.97 Å². The van der Waals surface area contributed by atoms with Gasteiger partial charge in [0.2, 0.25) is 0 Å². The van der Waals surface area contributed by atoms with Gasteiger partial charge in [0.05, 0.1) is 6.61 Å². The normalized spacial score (nSPS) is 12.8. The van der Waals surface area contributed by atoms with Gasteiger partial charge in [0.15, 0.2) is 5.54 Å². The number of hydrogen-bond acceptors (Lipinski definition) is 5. The molecule has 7 heteroatoms. The van der Waals surface area contributed by atoms with Gasteiger partial charge in [-0.25, -0.2) is 4.79 Å². The van der Waals surface area contributed by atoms with Crippen LogP contribution in [0.1, 0.15) is 42.5 Å². The third-order valence-electron chi connectivity index (χ3n) is 4.77. The van der Waals surface area contributed by atoms with Crippen LogP contribution in [0.3, 0.4) is 0 Å². The fraction of sp³-hybridized carbons (Fsp3) is 0.364. The van der Waals surface area contributed by atoms with E-state index in [4.69, 9.17) is 15.9 Å². The van der Waals surface area contributed by atoms with Crippen molar-refractivity contribution < 1.29 is 19.7 Å². The van der Waals surface area contributed by atoms with E-state index in [1.54, 1.807) is 31.2 Å². The molecule has 29 heavy (non-hydrogen) atoms. The zero-order chi connectivity index (χ0) is 21.6. The van der Waals surface area contributed by atoms with Gasteiger partial charge < -0.3 is 26.0 Å². The highest BCUT2D eigenvalue weighted by Crippen LogP contribution is 2.37. The molecule has 0 spiro atoms. The van der Waals surface area contributed by atoms with Gasteiger partial charge in [0.1, 0.15) is 18.2 Å². The van der Waals surface area contributed by atoms with Crippen LogP contribution >= 0.6 is 0 Å². The third kappa shape index (κ3) is 5.06. The zero-order valence-corrected chi connectivity index (χ0v) is 17.1. The average Bonchev–Trinajstić information content (AvgIpc) is 2.67. The Labute approximate surface area is 171 Å². The molecule has 1 atom stereocenters. The third-order valence-corrected chi connectivity index (χ3v) is 4.77. The molecule has 156 valence electrons. The van der Waals surface area contributed by atoms with Gasteiger partial charge in [0, 0.05) is 16.8 Å². The smallest absolute Gasteiger partial charge is 0.333 e. The molecule has 0 heterocycles. The number of amidine groups is 1. The van der Waals surface area contributed by atoms with E-state index in [0.29, 0.717) is 22.6 Å². The Hall–Kier alpha value is -3.06. The number of nitrogens with one attached hydrogen (secondary N) is 2. The monoisotopic (exact) mass is 399 g/mol. The highest BCUT2D eigenvalue weighted by Gasteiger charge is 2.39. The molecular weight excluding hydrogens is 370 g/mol. The number of aliphatic hydroxyl groups is 1. The number of aliphatic hydroxyl groups excluding tert-OH is 1. The molecular formula is C22H29N3O4. The van der Waals surface area contributed by atoms with Crippen LogP contribution in [0.25, 0.3) is 0 Å². The van der Waals surface area contributed by atoms with Crippen LogP contribution in [-0.4, -0.2) is 35.2 Å². The molecule has 0 saturated heterocycles. The molecule has 0 amide bonds. The van der Waals surface area contributed by atoms with Crippen molar-refractivity contribution in [1.82, 2.24) is 0 Å². The van der Waals surface area contributed by atoms with Crippen molar-refractivity contribution >= 4 is 17.5 Å². The SMILES string of the molecule is CCCc1cc(C)c(OCCO)c(C(C)(Nc2ccc(C(=N)N)cc2)C(=O)O)c1. The van der Waals surface area contributed by atoms with Crippen LogP contribution in [0, 0.1) is 12.3 Å². The topological polar surface area (TPSA) is 129 Å². The summed E-state index contributed by atoms with van der Waals surface area (Å²) in [5.74, 6) is -0.660. The molecule has 0 saturated carbocycles. The van der Waals surface area contributed by atoms with Gasteiger partial charge in [-0.2, -0.15) is 0 Å². The number of carboxylic acids is 1. The van der Waals surface area contributed by atoms with Crippen molar-refractivity contribution in [2.24, 2.45) is 5.73 Å². The summed E-state index contributed by atoms with van der Waals surface area (Å²) in [6.45, 7) is 5.43. The summed E-state index contributed by atoms with van der Waals surface area (Å²) in [6.07, 6.45) is 1.75. The number of carbonyl (C=O) groups is 1. The fourth-order valence-electron chi connectivity index (χ4n) is 3.25. The summed E-state index contributed by atoms with van der Waals surface area (Å²) in [7, 11) is 0. The molecule has 2 aromatic rings. The van der Waals surface area contributed by atoms with Gasteiger partial charge in [-0.05, 0) is 61.7 Å². The summed E-state index contributed by atoms with van der Waals surface area (Å²) < 4.78 is 5.74. The maximum atomic E-state index is 12.4. The van der Waals surface area contributed by atoms with E-state index < -0.39 is 11.5 Å². The second-order valence-electron chi connectivity index (χ2n) is 7.16. The summed E-state index contributed by atoms with van der Waals surface area (Å²) >= 11 is 0. The average molecular weight is 399 g/mol. The van der Waals surface area contributed by atoms with Crippen LogP contribution in [0.4, 0.5) is 5.69 Å². The molecule has 6 N–H and O–H groups in total. The number of rotatable bonds is 10. The van der Waals surface area contributed by atoms with Crippen molar-refractivity contribution in [3.63, 3.8) is 0 Å². The lowest BCUT2D eigenvalue weighted by atomic mass is 9.87. The molecule has 0 bridgehead atoms. The first-order chi connectivity index (χ1) is 13.7. The lowest BCUT2D eigenvalue weighted by Crippen LogP contribution is -2.41. The maximum Gasteiger partial charge on any atom is 0.333 e. The Bertz CT molecular complexity index is 880. The number of ether oxygens (including phenoxy) is 1. The Kier molecular flexibility index (Phi) is 7.23. The molecule has 0 aromatic heterocycles. The molecule has 0 aliphatic rings. The molecule has 0 fully saturated rings. The van der Waals surface area contributed by atoms with Crippen molar-refractivity contribution in [3.05, 3.63) is 58.7 Å². The Morgan fingerprint density at radius 3 is 2.45 bits per heavy atom. The number of nitrogens with two attached hydrogens (primary N) is 1. The molecule has 7 nitrogen and oxygen atoms in total. The van der Waals surface area contributed by atoms with Gasteiger partial charge in [0.25, 0.3) is 0 Å². The lowest BCUT2D eigenvalue weighted by Gasteiger charge is -2.31. The van der Waals surface area contributed by atoms with Crippen LogP contribution in [0.15, 0.2) is 36.4 Å². The molecule has 0 aliphatic carbocycles. The Morgan fingerprint density at radius 2 is 1.93 bits per heavy atom. The molecule has 2 rings (SSSR count). The van der Waals surface area contributed by atoms with E-state index in [2.05, 4.69) is 12.2 Å². The summed E-state index contributed by atoms with van der Waals surface area (Å²) in [5, 5.41) is 29.9. The van der Waals surface area contributed by atoms with Crippen molar-refractivity contribution in [1.29, 1.82) is 5.41 Å². The highest BCUT2D eigenvalue weighted by molar-refractivity contribution is 5.95. The van der Waals surface area contributed by atoms with Gasteiger partial charge in [-0.15, -0.1) is 0 Å². The molecule has 0 radical (unpaired) electrons. The van der Waals surface area contributed by atoms with Crippen LogP contribution < -0.4 is 15.8 Å². The van der Waals surface area contributed by atoms with Crippen LogP contribution in [0.5, 0.6) is 5.75 Å². The standard InChI is InChI=1S/C22H29N3O4/c1-4-5-15-12-14(2)19(29-11-10-26)18(13-15)22(3,21(27)28)25-17-8-6-16(7-9-17)20(23)24/h6-9,12-13,25-26H,4-5,10-11H2,1-3H3,(H3,23,24)(H,27,28). The predicted octanol–water partition coefficient (Wildman–Crippen LogP) is 3.01. The second kappa shape index (κ2) is 9.43. The maximum absolute atomic E-state index is 12.4. The highest BCUT2D eigenvalue weighted by atomic mass is 16.5. The Morgan fingerprint density at radius 1 is 1.28 bits per heavy atom. The minimum Gasteiger partial charge on any atom is -0.491 e. The van der Waals surface area contributed by atoms with Crippen LogP contribution in [-0.2, 0) is 16.8 Å². The summed E-state index contributed by atoms with van der Waals surface area (Å²) in [6, 6.07) is 10.5. The second-order valence-corrected chi connectivity index (χ2v) is 7.16. The van der Waals surface area contributed by atoms with Crippen LogP contribution in [0.2, 0.25) is 0 Å². The van der Waals surface area contributed by atoms with E-state index in [9.17, 15) is 15.0 Å². The van der Waals surface area contributed by atoms with E-state index in [1.807, 2.05) is 19.1 Å². The van der Waals surface area contributed by atoms with E-state index in [1.165, 1.54) is 0 Å². The number of nitrogen functional groups attached to an aromatic ring is 1. The first-order valence-electron chi connectivity index (χ1n) is 9.56. The van der Waals surface area contributed by atoms with Crippen molar-refractivity contribution in [2.45, 2.75) is 39.2 Å². The number of hydrogen-bond donors (Lipinski definition) is 5. The lowest BCUT2D eigenvalue weighted by molar-refractivity contribution is -0.142. The number of aliphatic carboxylic acids is 1. The van der Waals surface area contributed by atoms with E-state index >= 15 is 0 Å². The number of carboxylic acid groups (broad SMARTS) is 1. The number of anilines is 1. The van der Waals surface area contributed by atoms with Crippen molar-refractivity contribution in [3.8, 4) is 5.75 Å². The quantitative estimate of drug-likeness (QED) is 0.309. The van der Waals surface area contributed by atoms with Gasteiger partial charge in [-0.3, -0.25) is 5.41 Å². The first-order valence-corrected chi connectivity index (χ1v) is 9.56. The molecule has 2 aromatic carbocycles. The Balaban J connectivity index is 2.56. The summed E-state index contributed by atoms with van der Waals surface area (Å²) in [4.78, 5) is 12.4. The van der Waals surface area contributed by atoms with E-state index in [0.717, 1.165) is 24.0 Å².